The largest absolute Gasteiger partial charge is 0.357 e. The van der Waals surface area contributed by atoms with Crippen LogP contribution in [0.15, 0.2) is 47.8 Å². The highest BCUT2D eigenvalue weighted by molar-refractivity contribution is 14.0. The zero-order valence-electron chi connectivity index (χ0n) is 13.5. The molecule has 3 aromatic heterocycles. The first-order valence-corrected chi connectivity index (χ1v) is 7.65. The molecular formula is C15H21IN8. The van der Waals surface area contributed by atoms with Crippen LogP contribution in [0.1, 0.15) is 12.7 Å². The van der Waals surface area contributed by atoms with Crippen molar-refractivity contribution in [1.82, 2.24) is 35.0 Å². The summed E-state index contributed by atoms with van der Waals surface area (Å²) in [6.45, 7) is 4.83. The van der Waals surface area contributed by atoms with Gasteiger partial charge in [0.2, 0.25) is 0 Å². The van der Waals surface area contributed by atoms with Crippen molar-refractivity contribution in [2.24, 2.45) is 4.99 Å². The van der Waals surface area contributed by atoms with Crippen LogP contribution in [0.5, 0.6) is 0 Å². The number of aromatic nitrogens is 5. The number of nitrogens with zero attached hydrogens (tertiary/aromatic N) is 6. The van der Waals surface area contributed by atoms with E-state index in [1.54, 1.807) is 6.20 Å². The third-order valence-corrected chi connectivity index (χ3v) is 3.30. The predicted octanol–water partition coefficient (Wildman–Crippen LogP) is 1.30. The molecule has 0 aliphatic carbocycles. The molecule has 8 nitrogen and oxygen atoms in total. The van der Waals surface area contributed by atoms with Crippen molar-refractivity contribution in [3.63, 3.8) is 0 Å². The molecule has 0 aromatic carbocycles. The predicted molar refractivity (Wildman–Crippen MR) is 103 cm³/mol. The number of nitrogens with one attached hydrogen (secondary N) is 2. The Hall–Kier alpha value is -2.17. The number of rotatable bonds is 6. The number of halogens is 1. The summed E-state index contributed by atoms with van der Waals surface area (Å²) in [7, 11) is 0. The van der Waals surface area contributed by atoms with Gasteiger partial charge in [-0.3, -0.25) is 9.08 Å². The molecule has 128 valence electrons. The molecule has 2 N–H and O–H groups in total. The zero-order valence-corrected chi connectivity index (χ0v) is 15.8. The fourth-order valence-electron chi connectivity index (χ4n) is 2.21. The van der Waals surface area contributed by atoms with E-state index < -0.39 is 0 Å². The molecule has 0 radical (unpaired) electrons. The van der Waals surface area contributed by atoms with Crippen LogP contribution in [-0.2, 0) is 13.1 Å². The van der Waals surface area contributed by atoms with Crippen LogP contribution in [-0.4, -0.2) is 43.4 Å². The second-order valence-corrected chi connectivity index (χ2v) is 4.94. The fraction of sp³-hybridized carbons (Fsp3) is 0.333. The molecule has 0 aliphatic rings. The Morgan fingerprint density at radius 1 is 1.17 bits per heavy atom. The minimum Gasteiger partial charge on any atom is -0.357 e. The molecule has 0 unspecified atom stereocenters. The van der Waals surface area contributed by atoms with Crippen molar-refractivity contribution in [2.45, 2.75) is 20.0 Å². The van der Waals surface area contributed by atoms with Crippen LogP contribution in [0, 0.1) is 0 Å². The normalized spacial score (nSPS) is 11.3. The lowest BCUT2D eigenvalue weighted by Gasteiger charge is -2.11. The maximum Gasteiger partial charge on any atom is 0.191 e. The van der Waals surface area contributed by atoms with Crippen molar-refractivity contribution in [1.29, 1.82) is 0 Å². The molecule has 0 aliphatic heterocycles. The van der Waals surface area contributed by atoms with Crippen molar-refractivity contribution in [3.8, 4) is 0 Å². The van der Waals surface area contributed by atoms with E-state index in [0.29, 0.717) is 6.54 Å². The van der Waals surface area contributed by atoms with Crippen molar-refractivity contribution in [3.05, 3.63) is 48.7 Å². The van der Waals surface area contributed by atoms with E-state index in [2.05, 4.69) is 30.9 Å². The fourth-order valence-corrected chi connectivity index (χ4v) is 2.21. The van der Waals surface area contributed by atoms with Gasteiger partial charge in [0.25, 0.3) is 0 Å². The third kappa shape index (κ3) is 4.66. The minimum absolute atomic E-state index is 0. The third-order valence-electron chi connectivity index (χ3n) is 3.30. The van der Waals surface area contributed by atoms with Gasteiger partial charge in [0.15, 0.2) is 17.4 Å². The Morgan fingerprint density at radius 2 is 2.08 bits per heavy atom. The highest BCUT2D eigenvalue weighted by Crippen LogP contribution is 2.03. The van der Waals surface area contributed by atoms with Crippen LogP contribution in [0.3, 0.4) is 0 Å². The zero-order chi connectivity index (χ0) is 15.9. The molecule has 0 bridgehead atoms. The standard InChI is InChI=1S/C15H20N8.HI/c1-2-16-15(17-8-11-22-9-5-7-19-22)18-12-14-21-20-13-6-3-4-10-23(13)14;/h3-7,9-10H,2,8,11-12H2,1H3,(H2,16,17,18);1H. The van der Waals surface area contributed by atoms with Gasteiger partial charge >= 0.3 is 0 Å². The number of guanidine groups is 1. The van der Waals surface area contributed by atoms with Gasteiger partial charge < -0.3 is 10.6 Å². The van der Waals surface area contributed by atoms with Crippen LogP contribution in [0.2, 0.25) is 0 Å². The Bertz CT molecular complexity index is 765. The summed E-state index contributed by atoms with van der Waals surface area (Å²) >= 11 is 0. The molecule has 0 atom stereocenters. The summed E-state index contributed by atoms with van der Waals surface area (Å²) in [5.41, 5.74) is 0.828. The van der Waals surface area contributed by atoms with Gasteiger partial charge in [-0.05, 0) is 25.1 Å². The molecule has 9 heteroatoms. The minimum atomic E-state index is 0. The highest BCUT2D eigenvalue weighted by Gasteiger charge is 2.04. The van der Waals surface area contributed by atoms with Gasteiger partial charge in [-0.15, -0.1) is 34.2 Å². The van der Waals surface area contributed by atoms with Gasteiger partial charge in [-0.25, -0.2) is 4.99 Å². The average molecular weight is 440 g/mol. The Morgan fingerprint density at radius 3 is 2.88 bits per heavy atom. The van der Waals surface area contributed by atoms with Gasteiger partial charge in [0.1, 0.15) is 6.54 Å². The van der Waals surface area contributed by atoms with Crippen LogP contribution < -0.4 is 10.6 Å². The van der Waals surface area contributed by atoms with Gasteiger partial charge in [0.05, 0.1) is 6.54 Å². The first kappa shape index (κ1) is 18.2. The molecule has 24 heavy (non-hydrogen) atoms. The van der Waals surface area contributed by atoms with Crippen LogP contribution >= 0.6 is 24.0 Å². The summed E-state index contributed by atoms with van der Waals surface area (Å²) in [4.78, 5) is 4.57. The first-order chi connectivity index (χ1) is 11.4. The maximum absolute atomic E-state index is 4.57. The number of aliphatic imine (C=N–C) groups is 1. The number of fused-ring (bicyclic) bond motifs is 1. The van der Waals surface area contributed by atoms with Gasteiger partial charge in [0, 0.05) is 31.7 Å². The van der Waals surface area contributed by atoms with Gasteiger partial charge in [-0.2, -0.15) is 5.10 Å². The van der Waals surface area contributed by atoms with E-state index in [4.69, 9.17) is 0 Å². The molecule has 0 spiro atoms. The summed E-state index contributed by atoms with van der Waals surface area (Å²) in [6.07, 6.45) is 5.65. The topological polar surface area (TPSA) is 84.4 Å². The monoisotopic (exact) mass is 440 g/mol. The van der Waals surface area contributed by atoms with Crippen LogP contribution in [0.4, 0.5) is 0 Å². The molecule has 0 saturated heterocycles. The summed E-state index contributed by atoms with van der Waals surface area (Å²) in [5.74, 6) is 1.57. The Labute approximate surface area is 157 Å². The van der Waals surface area contributed by atoms with E-state index in [-0.39, 0.29) is 24.0 Å². The molecule has 0 fully saturated rings. The van der Waals surface area contributed by atoms with E-state index >= 15 is 0 Å². The molecule has 0 saturated carbocycles. The lowest BCUT2D eigenvalue weighted by molar-refractivity contribution is 0.597. The first-order valence-electron chi connectivity index (χ1n) is 7.65. The summed E-state index contributed by atoms with van der Waals surface area (Å²) < 4.78 is 3.82. The SMILES string of the molecule is CCNC(=NCc1nnc2ccccn12)NCCn1cccn1.I. The second-order valence-electron chi connectivity index (χ2n) is 4.94. The molecule has 0 amide bonds. The quantitative estimate of drug-likeness (QED) is 0.343. The lowest BCUT2D eigenvalue weighted by atomic mass is 10.4. The van der Waals surface area contributed by atoms with E-state index in [1.807, 2.05) is 52.7 Å². The van der Waals surface area contributed by atoms with Crippen LogP contribution in [0.25, 0.3) is 5.65 Å². The molecule has 3 aromatic rings. The Kier molecular flexibility index (Phi) is 6.97. The highest BCUT2D eigenvalue weighted by atomic mass is 127. The van der Waals surface area contributed by atoms with E-state index in [9.17, 15) is 0 Å². The van der Waals surface area contributed by atoms with Crippen molar-refractivity contribution in [2.75, 3.05) is 13.1 Å². The smallest absolute Gasteiger partial charge is 0.191 e. The number of hydrogen-bond donors (Lipinski definition) is 2. The van der Waals surface area contributed by atoms with E-state index in [1.165, 1.54) is 0 Å². The Balaban J connectivity index is 0.00000208. The number of pyridine rings is 1. The maximum atomic E-state index is 4.57. The summed E-state index contributed by atoms with van der Waals surface area (Å²) in [5, 5.41) is 19.0. The van der Waals surface area contributed by atoms with E-state index in [0.717, 1.165) is 37.1 Å². The summed E-state index contributed by atoms with van der Waals surface area (Å²) in [6, 6.07) is 7.73. The van der Waals surface area contributed by atoms with Crippen molar-refractivity contribution < 1.29 is 0 Å². The average Bonchev–Trinajstić information content (AvgIpc) is 3.22. The van der Waals surface area contributed by atoms with Gasteiger partial charge in [-0.1, -0.05) is 6.07 Å². The molecule has 3 rings (SSSR count). The lowest BCUT2D eigenvalue weighted by Crippen LogP contribution is -2.38. The molecular weight excluding hydrogens is 419 g/mol. The molecule has 3 heterocycles. The van der Waals surface area contributed by atoms with Crippen molar-refractivity contribution >= 4 is 35.6 Å². The second kappa shape index (κ2) is 9.21. The number of hydrogen-bond acceptors (Lipinski definition) is 4.